The van der Waals surface area contributed by atoms with Crippen molar-refractivity contribution in [3.05, 3.63) is 42.8 Å². The Hall–Kier alpha value is -1.83. The lowest BCUT2D eigenvalue weighted by Gasteiger charge is -1.94. The van der Waals surface area contributed by atoms with E-state index in [1.807, 2.05) is 24.3 Å². The number of oxazole rings is 1. The molecule has 0 bridgehead atoms. The van der Waals surface area contributed by atoms with Crippen molar-refractivity contribution in [3.8, 4) is 0 Å². The van der Waals surface area contributed by atoms with Gasteiger partial charge in [0.15, 0.2) is 5.58 Å². The molecule has 61 valence electrons. The number of fused-ring (bicyclic) bond motifs is 2. The molecule has 3 rings (SSSR count). The van der Waals surface area contributed by atoms with Crippen LogP contribution >= 0.6 is 0 Å². The molecule has 2 aromatic carbocycles. The van der Waals surface area contributed by atoms with E-state index in [4.69, 9.17) is 4.42 Å². The molecule has 0 aliphatic heterocycles. The first kappa shape index (κ1) is 6.66. The Bertz CT molecular complexity index is 519. The van der Waals surface area contributed by atoms with E-state index in [0.717, 1.165) is 11.1 Å². The summed E-state index contributed by atoms with van der Waals surface area (Å²) in [5, 5.41) is 2.34. The smallest absolute Gasteiger partial charge is 0.284 e. The van der Waals surface area contributed by atoms with Gasteiger partial charge in [-0.1, -0.05) is 24.3 Å². The minimum atomic E-state index is 0.790. The lowest BCUT2D eigenvalue weighted by atomic mass is 10.1. The quantitative estimate of drug-likeness (QED) is 0.515. The van der Waals surface area contributed by atoms with Gasteiger partial charge in [-0.2, -0.15) is 0 Å². The van der Waals surface area contributed by atoms with E-state index >= 15 is 0 Å². The van der Waals surface area contributed by atoms with Gasteiger partial charge in [0.2, 0.25) is 0 Å². The molecule has 2 nitrogen and oxygen atoms in total. The first-order valence-electron chi connectivity index (χ1n) is 4.09. The molecular weight excluding hydrogens is 162 g/mol. The molecule has 0 aliphatic rings. The summed E-state index contributed by atoms with van der Waals surface area (Å²) in [5.41, 5.74) is 1.65. The van der Waals surface area contributed by atoms with Gasteiger partial charge in [-0.05, 0) is 22.9 Å². The Morgan fingerprint density at radius 3 is 2.69 bits per heavy atom. The van der Waals surface area contributed by atoms with Crippen LogP contribution in [0.4, 0.5) is 0 Å². The maximum atomic E-state index is 5.09. The van der Waals surface area contributed by atoms with Crippen LogP contribution in [-0.2, 0) is 0 Å². The molecule has 1 heterocycles. The van der Waals surface area contributed by atoms with Crippen LogP contribution in [0.5, 0.6) is 0 Å². The number of rotatable bonds is 0. The largest absolute Gasteiger partial charge is 0.432 e. The second-order valence-corrected chi connectivity index (χ2v) is 2.97. The molecule has 0 saturated carbocycles. The van der Waals surface area contributed by atoms with E-state index in [9.17, 15) is 0 Å². The summed E-state index contributed by atoms with van der Waals surface area (Å²) in [4.78, 5) is 3.98. The Balaban J connectivity index is 2.57. The summed E-state index contributed by atoms with van der Waals surface area (Å²) >= 11 is 0. The van der Waals surface area contributed by atoms with Gasteiger partial charge in [0.1, 0.15) is 5.52 Å². The third-order valence-electron chi connectivity index (χ3n) is 2.15. The second-order valence-electron chi connectivity index (χ2n) is 2.97. The summed E-state index contributed by atoms with van der Waals surface area (Å²) in [6, 6.07) is 12.1. The molecule has 0 aliphatic carbocycles. The molecular formula is C11H6NO. The third-order valence-corrected chi connectivity index (χ3v) is 2.15. The summed E-state index contributed by atoms with van der Waals surface area (Å²) in [5.74, 6) is 0. The van der Waals surface area contributed by atoms with E-state index in [-0.39, 0.29) is 0 Å². The molecule has 0 fully saturated rings. The number of hydrogen-bond acceptors (Lipinski definition) is 2. The highest BCUT2D eigenvalue weighted by Gasteiger charge is 2.00. The van der Waals surface area contributed by atoms with Gasteiger partial charge in [0, 0.05) is 0 Å². The van der Waals surface area contributed by atoms with Crippen molar-refractivity contribution in [1.82, 2.24) is 4.98 Å². The molecule has 1 aromatic heterocycles. The lowest BCUT2D eigenvalue weighted by Crippen LogP contribution is -1.72. The summed E-state index contributed by atoms with van der Waals surface area (Å²) in [6.45, 7) is 0. The fourth-order valence-electron chi connectivity index (χ4n) is 1.50. The number of nitrogens with zero attached hydrogens (tertiary/aromatic N) is 1. The standard InChI is InChI=1S/C11H6NO/c1-2-4-9-6-11-10(12-7-13-11)5-8(9)3-1/h1-6H. The van der Waals surface area contributed by atoms with Crippen molar-refractivity contribution in [3.63, 3.8) is 0 Å². The fraction of sp³-hybridized carbons (Fsp3) is 0. The van der Waals surface area contributed by atoms with Crippen molar-refractivity contribution in [2.24, 2.45) is 0 Å². The van der Waals surface area contributed by atoms with Crippen LogP contribution in [0.2, 0.25) is 0 Å². The average Bonchev–Trinajstić information content (AvgIpc) is 2.61. The minimum absolute atomic E-state index is 0.790. The number of benzene rings is 2. The molecule has 0 spiro atoms. The highest BCUT2D eigenvalue weighted by atomic mass is 16.3. The maximum Gasteiger partial charge on any atom is 0.284 e. The molecule has 3 aromatic rings. The normalized spacial score (nSPS) is 11.1. The van der Waals surface area contributed by atoms with Crippen LogP contribution in [0.25, 0.3) is 21.9 Å². The van der Waals surface area contributed by atoms with Crippen LogP contribution in [-0.4, -0.2) is 4.98 Å². The molecule has 0 atom stereocenters. The summed E-state index contributed by atoms with van der Waals surface area (Å²) < 4.78 is 5.09. The number of aromatic nitrogens is 1. The van der Waals surface area contributed by atoms with Gasteiger partial charge >= 0.3 is 0 Å². The molecule has 13 heavy (non-hydrogen) atoms. The fourth-order valence-corrected chi connectivity index (χ4v) is 1.50. The van der Waals surface area contributed by atoms with Gasteiger partial charge in [0.05, 0.1) is 0 Å². The van der Waals surface area contributed by atoms with Crippen LogP contribution in [0.1, 0.15) is 0 Å². The molecule has 2 heteroatoms. The van der Waals surface area contributed by atoms with Crippen molar-refractivity contribution < 1.29 is 4.42 Å². The highest BCUT2D eigenvalue weighted by molar-refractivity contribution is 5.93. The molecule has 0 saturated heterocycles. The average molecular weight is 168 g/mol. The zero-order chi connectivity index (χ0) is 8.67. The van der Waals surface area contributed by atoms with Crippen molar-refractivity contribution in [1.29, 1.82) is 0 Å². The molecule has 0 N–H and O–H groups in total. The third kappa shape index (κ3) is 0.920. The second kappa shape index (κ2) is 2.33. The van der Waals surface area contributed by atoms with Crippen LogP contribution < -0.4 is 0 Å². The van der Waals surface area contributed by atoms with Crippen LogP contribution in [0.15, 0.2) is 40.8 Å². The molecule has 0 amide bonds. The Morgan fingerprint density at radius 2 is 1.85 bits per heavy atom. The lowest BCUT2D eigenvalue weighted by molar-refractivity contribution is 0.591. The first-order valence-corrected chi connectivity index (χ1v) is 4.09. The predicted molar refractivity (Wildman–Crippen MR) is 50.4 cm³/mol. The highest BCUT2D eigenvalue weighted by Crippen LogP contribution is 2.20. The first-order chi connectivity index (χ1) is 6.43. The van der Waals surface area contributed by atoms with Crippen molar-refractivity contribution in [2.75, 3.05) is 0 Å². The van der Waals surface area contributed by atoms with E-state index in [1.165, 1.54) is 10.8 Å². The number of hydrogen-bond donors (Lipinski definition) is 0. The van der Waals surface area contributed by atoms with Crippen LogP contribution in [0, 0.1) is 6.39 Å². The van der Waals surface area contributed by atoms with E-state index < -0.39 is 0 Å². The summed E-state index contributed by atoms with van der Waals surface area (Å²) in [6.07, 6.45) is 2.49. The summed E-state index contributed by atoms with van der Waals surface area (Å²) in [7, 11) is 0. The van der Waals surface area contributed by atoms with E-state index in [2.05, 4.69) is 23.5 Å². The zero-order valence-electron chi connectivity index (χ0n) is 6.82. The van der Waals surface area contributed by atoms with Gasteiger partial charge in [-0.15, -0.1) is 0 Å². The predicted octanol–water partition coefficient (Wildman–Crippen LogP) is 2.78. The zero-order valence-corrected chi connectivity index (χ0v) is 6.82. The Labute approximate surface area is 74.8 Å². The maximum absolute atomic E-state index is 5.09. The minimum Gasteiger partial charge on any atom is -0.432 e. The van der Waals surface area contributed by atoms with E-state index in [1.54, 1.807) is 0 Å². The Kier molecular flexibility index (Phi) is 1.19. The van der Waals surface area contributed by atoms with Crippen molar-refractivity contribution >= 4 is 21.9 Å². The van der Waals surface area contributed by atoms with Gasteiger partial charge in [0.25, 0.3) is 6.39 Å². The van der Waals surface area contributed by atoms with Gasteiger partial charge < -0.3 is 4.42 Å². The molecule has 0 unspecified atom stereocenters. The molecule has 1 radical (unpaired) electrons. The van der Waals surface area contributed by atoms with Crippen LogP contribution in [0.3, 0.4) is 0 Å². The topological polar surface area (TPSA) is 26.0 Å². The SMILES string of the molecule is [c]1nc2cc3ccccc3cc2o1. The van der Waals surface area contributed by atoms with Gasteiger partial charge in [-0.25, -0.2) is 4.98 Å². The monoisotopic (exact) mass is 168 g/mol. The Morgan fingerprint density at radius 1 is 1.08 bits per heavy atom. The van der Waals surface area contributed by atoms with Gasteiger partial charge in [-0.3, -0.25) is 0 Å². The van der Waals surface area contributed by atoms with Crippen molar-refractivity contribution in [2.45, 2.75) is 0 Å². The van der Waals surface area contributed by atoms with E-state index in [0.29, 0.717) is 0 Å².